The lowest BCUT2D eigenvalue weighted by Crippen LogP contribution is -2.41. The molecular formula is C15H20FN3O2. The molecule has 0 radical (unpaired) electrons. The Bertz CT molecular complexity index is 538. The van der Waals surface area contributed by atoms with Crippen LogP contribution in [0.4, 0.5) is 15.8 Å². The summed E-state index contributed by atoms with van der Waals surface area (Å²) in [5, 5.41) is 14.1. The molecule has 5 nitrogen and oxygen atoms in total. The van der Waals surface area contributed by atoms with E-state index < -0.39 is 10.7 Å². The summed E-state index contributed by atoms with van der Waals surface area (Å²) in [6.45, 7) is 0.672. The number of benzene rings is 1. The Morgan fingerprint density at radius 3 is 2.67 bits per heavy atom. The normalized spacial score (nSPS) is 28.6. The lowest BCUT2D eigenvalue weighted by Gasteiger charge is -2.36. The smallest absolute Gasteiger partial charge is 0.292 e. The Labute approximate surface area is 123 Å². The summed E-state index contributed by atoms with van der Waals surface area (Å²) in [5.74, 6) is 0.0492. The number of anilines is 1. The van der Waals surface area contributed by atoms with Crippen LogP contribution in [0.15, 0.2) is 18.2 Å². The van der Waals surface area contributed by atoms with Crippen molar-refractivity contribution in [2.45, 2.75) is 37.8 Å². The molecule has 21 heavy (non-hydrogen) atoms. The highest BCUT2D eigenvalue weighted by Crippen LogP contribution is 2.37. The number of piperidine rings is 1. The van der Waals surface area contributed by atoms with Gasteiger partial charge >= 0.3 is 0 Å². The number of nitrogens with one attached hydrogen (secondary N) is 1. The number of halogens is 1. The van der Waals surface area contributed by atoms with Crippen molar-refractivity contribution >= 4 is 11.4 Å². The maximum Gasteiger partial charge on any atom is 0.292 e. The quantitative estimate of drug-likeness (QED) is 0.685. The first kappa shape index (κ1) is 14.3. The molecule has 2 aliphatic rings. The molecule has 2 atom stereocenters. The Morgan fingerprint density at radius 2 is 2.05 bits per heavy atom. The number of fused-ring (bicyclic) bond motifs is 2. The molecule has 0 aliphatic carbocycles. The van der Waals surface area contributed by atoms with Crippen LogP contribution in [0.3, 0.4) is 0 Å². The molecule has 0 saturated carbocycles. The molecule has 3 rings (SSSR count). The maximum atomic E-state index is 13.3. The van der Waals surface area contributed by atoms with Gasteiger partial charge in [-0.05, 0) is 44.7 Å². The SMILES string of the molecule is CN1C2CCC1CC(CNc1cc(F)ccc1[N+](=O)[O-])C2. The molecule has 1 N–H and O–H groups in total. The van der Waals surface area contributed by atoms with Gasteiger partial charge in [-0.2, -0.15) is 0 Å². The Morgan fingerprint density at radius 1 is 1.38 bits per heavy atom. The molecule has 2 fully saturated rings. The third-order valence-corrected chi connectivity index (χ3v) is 4.93. The van der Waals surface area contributed by atoms with Gasteiger partial charge in [-0.25, -0.2) is 4.39 Å². The van der Waals surface area contributed by atoms with Crippen molar-refractivity contribution in [3.63, 3.8) is 0 Å². The molecule has 0 aromatic heterocycles. The summed E-state index contributed by atoms with van der Waals surface area (Å²) in [6, 6.07) is 4.83. The lowest BCUT2D eigenvalue weighted by molar-refractivity contribution is -0.384. The minimum absolute atomic E-state index is 0.0627. The largest absolute Gasteiger partial charge is 0.379 e. The van der Waals surface area contributed by atoms with Gasteiger partial charge in [-0.15, -0.1) is 0 Å². The van der Waals surface area contributed by atoms with E-state index in [2.05, 4.69) is 17.3 Å². The summed E-state index contributed by atoms with van der Waals surface area (Å²) >= 11 is 0. The molecule has 0 spiro atoms. The number of rotatable bonds is 4. The second-order valence-electron chi connectivity index (χ2n) is 6.19. The fraction of sp³-hybridized carbons (Fsp3) is 0.600. The van der Waals surface area contributed by atoms with Crippen molar-refractivity contribution in [1.82, 2.24) is 4.90 Å². The molecule has 1 aromatic rings. The van der Waals surface area contributed by atoms with Crippen LogP contribution in [0.5, 0.6) is 0 Å². The van der Waals surface area contributed by atoms with E-state index in [1.54, 1.807) is 0 Å². The summed E-state index contributed by atoms with van der Waals surface area (Å²) in [5.41, 5.74) is 0.221. The van der Waals surface area contributed by atoms with Crippen LogP contribution in [-0.2, 0) is 0 Å². The predicted octanol–water partition coefficient (Wildman–Crippen LogP) is 3.02. The molecule has 2 aliphatic heterocycles. The molecule has 2 heterocycles. The van der Waals surface area contributed by atoms with E-state index in [0.717, 1.165) is 18.9 Å². The minimum Gasteiger partial charge on any atom is -0.379 e. The van der Waals surface area contributed by atoms with Gasteiger partial charge in [0.2, 0.25) is 0 Å². The predicted molar refractivity (Wildman–Crippen MR) is 78.8 cm³/mol. The number of nitro groups is 1. The Balaban J connectivity index is 1.66. The summed E-state index contributed by atoms with van der Waals surface area (Å²) < 4.78 is 13.3. The fourth-order valence-electron chi connectivity index (χ4n) is 3.75. The average Bonchev–Trinajstić information content (AvgIpc) is 2.67. The van der Waals surface area contributed by atoms with Crippen molar-refractivity contribution < 1.29 is 9.31 Å². The maximum absolute atomic E-state index is 13.3. The molecule has 114 valence electrons. The van der Waals surface area contributed by atoms with Gasteiger partial charge in [0.05, 0.1) is 4.92 Å². The monoisotopic (exact) mass is 293 g/mol. The van der Waals surface area contributed by atoms with Gasteiger partial charge in [0.15, 0.2) is 0 Å². The van der Waals surface area contributed by atoms with E-state index in [9.17, 15) is 14.5 Å². The van der Waals surface area contributed by atoms with Gasteiger partial charge < -0.3 is 10.2 Å². The molecule has 0 amide bonds. The van der Waals surface area contributed by atoms with Crippen LogP contribution in [0.1, 0.15) is 25.7 Å². The van der Waals surface area contributed by atoms with Gasteiger partial charge in [0, 0.05) is 30.8 Å². The number of hydrogen-bond acceptors (Lipinski definition) is 4. The lowest BCUT2D eigenvalue weighted by atomic mass is 9.91. The second kappa shape index (κ2) is 5.60. The Kier molecular flexibility index (Phi) is 3.80. The zero-order chi connectivity index (χ0) is 15.0. The second-order valence-corrected chi connectivity index (χ2v) is 6.19. The van der Waals surface area contributed by atoms with E-state index in [4.69, 9.17) is 0 Å². The van der Waals surface area contributed by atoms with Crippen LogP contribution < -0.4 is 5.32 Å². The zero-order valence-electron chi connectivity index (χ0n) is 12.1. The third kappa shape index (κ3) is 2.85. The van der Waals surface area contributed by atoms with Gasteiger partial charge in [0.1, 0.15) is 11.5 Å². The highest BCUT2D eigenvalue weighted by molar-refractivity contribution is 5.61. The topological polar surface area (TPSA) is 58.4 Å². The van der Waals surface area contributed by atoms with E-state index in [0.29, 0.717) is 24.5 Å². The fourth-order valence-corrected chi connectivity index (χ4v) is 3.75. The molecular weight excluding hydrogens is 273 g/mol. The number of nitrogens with zero attached hydrogens (tertiary/aromatic N) is 2. The van der Waals surface area contributed by atoms with Crippen LogP contribution in [0.2, 0.25) is 0 Å². The molecule has 2 unspecified atom stereocenters. The van der Waals surface area contributed by atoms with Gasteiger partial charge in [0.25, 0.3) is 5.69 Å². The average molecular weight is 293 g/mol. The summed E-state index contributed by atoms with van der Waals surface area (Å²) in [7, 11) is 2.18. The van der Waals surface area contributed by atoms with E-state index in [1.165, 1.54) is 25.0 Å². The van der Waals surface area contributed by atoms with Crippen molar-refractivity contribution in [3.05, 3.63) is 34.1 Å². The molecule has 2 saturated heterocycles. The van der Waals surface area contributed by atoms with Gasteiger partial charge in [-0.1, -0.05) is 0 Å². The number of nitro benzene ring substituents is 1. The third-order valence-electron chi connectivity index (χ3n) is 4.93. The molecule has 6 heteroatoms. The van der Waals surface area contributed by atoms with Crippen molar-refractivity contribution in [2.24, 2.45) is 5.92 Å². The van der Waals surface area contributed by atoms with Crippen molar-refractivity contribution in [3.8, 4) is 0 Å². The van der Waals surface area contributed by atoms with Crippen molar-refractivity contribution in [2.75, 3.05) is 18.9 Å². The molecule has 2 bridgehead atoms. The summed E-state index contributed by atoms with van der Waals surface area (Å²) in [4.78, 5) is 13.0. The van der Waals surface area contributed by atoms with Crippen LogP contribution in [0.25, 0.3) is 0 Å². The van der Waals surface area contributed by atoms with Crippen LogP contribution in [-0.4, -0.2) is 35.5 Å². The first-order chi connectivity index (χ1) is 10.0. The van der Waals surface area contributed by atoms with Crippen molar-refractivity contribution in [1.29, 1.82) is 0 Å². The van der Waals surface area contributed by atoms with Crippen LogP contribution >= 0.6 is 0 Å². The first-order valence-electron chi connectivity index (χ1n) is 7.44. The number of hydrogen-bond donors (Lipinski definition) is 1. The minimum atomic E-state index is -0.472. The highest BCUT2D eigenvalue weighted by atomic mass is 19.1. The Hall–Kier alpha value is -1.69. The molecule has 1 aromatic carbocycles. The zero-order valence-corrected chi connectivity index (χ0v) is 12.1. The standard InChI is InChI=1S/C15H20FN3O2/c1-18-12-3-4-13(18)7-10(6-12)9-17-14-8-11(16)2-5-15(14)19(20)21/h2,5,8,10,12-13,17H,3-4,6-7,9H2,1H3. The van der Waals surface area contributed by atoms with Crippen LogP contribution in [0, 0.1) is 21.8 Å². The van der Waals surface area contributed by atoms with E-state index in [-0.39, 0.29) is 11.4 Å². The van der Waals surface area contributed by atoms with E-state index >= 15 is 0 Å². The summed E-state index contributed by atoms with van der Waals surface area (Å²) in [6.07, 6.45) is 4.72. The highest BCUT2D eigenvalue weighted by Gasteiger charge is 2.38. The van der Waals surface area contributed by atoms with Gasteiger partial charge in [-0.3, -0.25) is 10.1 Å². The first-order valence-corrected chi connectivity index (χ1v) is 7.44. The van der Waals surface area contributed by atoms with E-state index in [1.807, 2.05) is 0 Å².